The van der Waals surface area contributed by atoms with E-state index >= 15 is 0 Å². The molecule has 4 aliphatic rings. The molecule has 1 amide bonds. The number of ether oxygens (including phenoxy) is 1. The molecule has 5 rings (SSSR count). The number of esters is 1. The van der Waals surface area contributed by atoms with Crippen molar-refractivity contribution in [2.45, 2.75) is 97.1 Å². The fraction of sp³-hybridized carbons (Fsp3) is 0.727. The van der Waals surface area contributed by atoms with Crippen molar-refractivity contribution in [1.29, 1.82) is 0 Å². The Labute approximate surface area is 238 Å². The Morgan fingerprint density at radius 2 is 1.75 bits per heavy atom. The monoisotopic (exact) mass is 553 g/mol. The van der Waals surface area contributed by atoms with Gasteiger partial charge in [-0.1, -0.05) is 32.9 Å². The first-order valence-electron chi connectivity index (χ1n) is 15.4. The highest BCUT2D eigenvalue weighted by Crippen LogP contribution is 2.68. The number of aliphatic hydroxyl groups excluding tert-OH is 1. The standard InChI is InChI=1S/C33H47NO6/c1-19(9-14-29(36)40-4)25-12-13-26-24-11-10-20-17-21(34-30(37)22-7-5-6-8-23(22)31(38)39)15-16-32(20,2)27(24)18-28(35)33(25,26)3/h5-8,19-21,24-28,35H,9-18H2,1-4H3,(H,34,37)(H,38,39)/t19?,20?,21?,24?,25-,26?,27?,28?,32+,33-/m1/s1. The van der Waals surface area contributed by atoms with Crippen molar-refractivity contribution < 1.29 is 29.3 Å². The van der Waals surface area contributed by atoms with Crippen LogP contribution in [0.15, 0.2) is 24.3 Å². The second-order valence-corrected chi connectivity index (χ2v) is 13.8. The molecule has 0 aliphatic heterocycles. The van der Waals surface area contributed by atoms with E-state index in [0.717, 1.165) is 51.4 Å². The zero-order chi connectivity index (χ0) is 28.8. The predicted octanol–water partition coefficient (Wildman–Crippen LogP) is 5.70. The van der Waals surface area contributed by atoms with E-state index in [-0.39, 0.29) is 46.0 Å². The van der Waals surface area contributed by atoms with Gasteiger partial charge in [0, 0.05) is 12.5 Å². The first-order chi connectivity index (χ1) is 19.0. The molecule has 0 aromatic heterocycles. The van der Waals surface area contributed by atoms with E-state index in [1.165, 1.54) is 19.6 Å². The van der Waals surface area contributed by atoms with Crippen molar-refractivity contribution in [2.24, 2.45) is 46.3 Å². The van der Waals surface area contributed by atoms with E-state index in [9.17, 15) is 24.6 Å². The largest absolute Gasteiger partial charge is 0.478 e. The quantitative estimate of drug-likeness (QED) is 0.373. The average molecular weight is 554 g/mol. The number of hydrogen-bond acceptors (Lipinski definition) is 5. The summed E-state index contributed by atoms with van der Waals surface area (Å²) in [5.41, 5.74) is 0.288. The van der Waals surface area contributed by atoms with Crippen LogP contribution in [0, 0.1) is 46.3 Å². The third-order valence-corrected chi connectivity index (χ3v) is 12.3. The van der Waals surface area contributed by atoms with Crippen LogP contribution in [0.3, 0.4) is 0 Å². The van der Waals surface area contributed by atoms with Crippen LogP contribution in [0.5, 0.6) is 0 Å². The first kappa shape index (κ1) is 29.1. The molecule has 10 atom stereocenters. The zero-order valence-corrected chi connectivity index (χ0v) is 24.5. The summed E-state index contributed by atoms with van der Waals surface area (Å²) in [6, 6.07) is 6.45. The lowest BCUT2D eigenvalue weighted by atomic mass is 9.43. The average Bonchev–Trinajstić information content (AvgIpc) is 3.31. The number of carbonyl (C=O) groups excluding carboxylic acids is 2. The molecule has 4 aliphatic carbocycles. The summed E-state index contributed by atoms with van der Waals surface area (Å²) >= 11 is 0. The van der Waals surface area contributed by atoms with Crippen molar-refractivity contribution >= 4 is 17.8 Å². The molecule has 0 heterocycles. The van der Waals surface area contributed by atoms with E-state index in [1.54, 1.807) is 18.2 Å². The van der Waals surface area contributed by atoms with Crippen LogP contribution in [0.25, 0.3) is 0 Å². The number of carboxylic acid groups (broad SMARTS) is 1. The molecule has 7 heteroatoms. The number of aromatic carboxylic acids is 1. The van der Waals surface area contributed by atoms with Gasteiger partial charge in [0.1, 0.15) is 0 Å². The number of fused-ring (bicyclic) bond motifs is 5. The van der Waals surface area contributed by atoms with Crippen LogP contribution in [0.1, 0.15) is 106 Å². The number of hydrogen-bond donors (Lipinski definition) is 3. The van der Waals surface area contributed by atoms with Gasteiger partial charge in [0.05, 0.1) is 24.3 Å². The molecule has 7 unspecified atom stereocenters. The summed E-state index contributed by atoms with van der Waals surface area (Å²) in [5, 5.41) is 24.5. The van der Waals surface area contributed by atoms with Crippen LogP contribution in [0.4, 0.5) is 0 Å². The minimum absolute atomic E-state index is 0.0364. The lowest BCUT2D eigenvalue weighted by Gasteiger charge is -2.62. The van der Waals surface area contributed by atoms with E-state index in [1.807, 2.05) is 0 Å². The zero-order valence-electron chi connectivity index (χ0n) is 24.5. The minimum Gasteiger partial charge on any atom is -0.478 e. The molecule has 1 aromatic carbocycles. The summed E-state index contributed by atoms with van der Waals surface area (Å²) in [4.78, 5) is 36.5. The lowest BCUT2D eigenvalue weighted by molar-refractivity contribution is -0.169. The fourth-order valence-electron chi connectivity index (χ4n) is 10.1. The number of rotatable bonds is 7. The van der Waals surface area contributed by atoms with Crippen molar-refractivity contribution in [2.75, 3.05) is 7.11 Å². The third kappa shape index (κ3) is 4.86. The predicted molar refractivity (Wildman–Crippen MR) is 152 cm³/mol. The molecule has 0 saturated heterocycles. The van der Waals surface area contributed by atoms with Gasteiger partial charge >= 0.3 is 11.9 Å². The Morgan fingerprint density at radius 3 is 2.45 bits per heavy atom. The SMILES string of the molecule is COC(=O)CCC(C)[C@H]1CCC2C3CCC4CC(NC(=O)c5ccccc5C(=O)O)CC[C@]4(C)C3CC(O)[C@@]21C. The number of aliphatic hydroxyl groups is 1. The van der Waals surface area contributed by atoms with Gasteiger partial charge in [0.15, 0.2) is 0 Å². The van der Waals surface area contributed by atoms with E-state index in [4.69, 9.17) is 4.74 Å². The summed E-state index contributed by atoms with van der Waals surface area (Å²) in [5.74, 6) is 1.33. The van der Waals surface area contributed by atoms with E-state index in [0.29, 0.717) is 41.9 Å². The maximum Gasteiger partial charge on any atom is 0.336 e. The maximum absolute atomic E-state index is 13.1. The molecular weight excluding hydrogens is 506 g/mol. The summed E-state index contributed by atoms with van der Waals surface area (Å²) < 4.78 is 4.88. The Morgan fingerprint density at radius 1 is 1.02 bits per heavy atom. The van der Waals surface area contributed by atoms with Gasteiger partial charge in [0.25, 0.3) is 5.91 Å². The van der Waals surface area contributed by atoms with Crippen LogP contribution in [-0.4, -0.2) is 47.3 Å². The van der Waals surface area contributed by atoms with Crippen LogP contribution >= 0.6 is 0 Å². The number of methoxy groups -OCH3 is 1. The van der Waals surface area contributed by atoms with Gasteiger partial charge in [-0.05, 0) is 116 Å². The lowest BCUT2D eigenvalue weighted by Crippen LogP contribution is -2.59. The second kappa shape index (κ2) is 11.1. The van der Waals surface area contributed by atoms with Crippen molar-refractivity contribution in [3.05, 3.63) is 35.4 Å². The number of carboxylic acids is 1. The Hall–Kier alpha value is -2.41. The van der Waals surface area contributed by atoms with Crippen molar-refractivity contribution in [3.63, 3.8) is 0 Å². The van der Waals surface area contributed by atoms with Crippen LogP contribution in [-0.2, 0) is 9.53 Å². The molecule has 0 bridgehead atoms. The molecule has 4 saturated carbocycles. The molecule has 0 spiro atoms. The summed E-state index contributed by atoms with van der Waals surface area (Å²) in [6.45, 7) is 7.02. The van der Waals surface area contributed by atoms with Crippen LogP contribution in [0.2, 0.25) is 0 Å². The topological polar surface area (TPSA) is 113 Å². The number of amides is 1. The van der Waals surface area contributed by atoms with E-state index in [2.05, 4.69) is 26.1 Å². The summed E-state index contributed by atoms with van der Waals surface area (Å²) in [6.07, 6.45) is 9.14. The molecule has 1 aromatic rings. The van der Waals surface area contributed by atoms with Gasteiger partial charge < -0.3 is 20.3 Å². The van der Waals surface area contributed by atoms with Gasteiger partial charge in [-0.15, -0.1) is 0 Å². The molecule has 7 nitrogen and oxygen atoms in total. The molecule has 3 N–H and O–H groups in total. The Kier molecular flexibility index (Phi) is 8.08. The molecule has 0 radical (unpaired) electrons. The normalized spacial score (nSPS) is 39.3. The number of carbonyl (C=O) groups is 3. The molecule has 4 fully saturated rings. The van der Waals surface area contributed by atoms with Gasteiger partial charge in [-0.25, -0.2) is 4.79 Å². The van der Waals surface area contributed by atoms with Crippen molar-refractivity contribution in [3.8, 4) is 0 Å². The minimum atomic E-state index is -1.09. The highest BCUT2D eigenvalue weighted by molar-refractivity contribution is 6.04. The maximum atomic E-state index is 13.1. The Balaban J connectivity index is 1.27. The number of nitrogens with one attached hydrogen (secondary N) is 1. The van der Waals surface area contributed by atoms with Gasteiger partial charge in [0.2, 0.25) is 0 Å². The van der Waals surface area contributed by atoms with Gasteiger partial charge in [-0.2, -0.15) is 0 Å². The first-order valence-corrected chi connectivity index (χ1v) is 15.4. The highest BCUT2D eigenvalue weighted by atomic mass is 16.5. The second-order valence-electron chi connectivity index (χ2n) is 13.8. The van der Waals surface area contributed by atoms with E-state index < -0.39 is 5.97 Å². The smallest absolute Gasteiger partial charge is 0.336 e. The van der Waals surface area contributed by atoms with Crippen molar-refractivity contribution in [1.82, 2.24) is 5.32 Å². The molecule has 40 heavy (non-hydrogen) atoms. The fourth-order valence-corrected chi connectivity index (χ4v) is 10.1. The number of benzene rings is 1. The third-order valence-electron chi connectivity index (χ3n) is 12.3. The Bertz CT molecular complexity index is 1140. The van der Waals surface area contributed by atoms with Crippen LogP contribution < -0.4 is 5.32 Å². The highest BCUT2D eigenvalue weighted by Gasteiger charge is 2.63. The summed E-state index contributed by atoms with van der Waals surface area (Å²) in [7, 11) is 1.45. The van der Waals surface area contributed by atoms with Gasteiger partial charge in [-0.3, -0.25) is 9.59 Å². The molecular formula is C33H47NO6. The molecule has 220 valence electrons.